The molecule has 1 unspecified atom stereocenters. The first-order valence-electron chi connectivity index (χ1n) is 12.8. The standard InChI is InChI=1S/C28H34N2O8/c1-6-26-10-7-12-30-13-11-27(23(26)30)18-14-17(8-9-21(32)36-4)20(35-3)15-19(18)29-22(27)28(34,25(33)37-5)24(26)38-16(2)31/h7-10,14-15,22-24,29,34H,6,11-13H2,1-5H3/b9-8+/t22?,23-,24+,26+,27-,28-/m0/s1. The summed E-state index contributed by atoms with van der Waals surface area (Å²) >= 11 is 0. The second-order valence-corrected chi connectivity index (χ2v) is 10.4. The van der Waals surface area contributed by atoms with E-state index in [1.54, 1.807) is 6.08 Å². The van der Waals surface area contributed by atoms with Gasteiger partial charge in [0.2, 0.25) is 5.60 Å². The molecule has 0 aromatic heterocycles. The van der Waals surface area contributed by atoms with Crippen molar-refractivity contribution in [3.8, 4) is 5.75 Å². The average Bonchev–Trinajstić information content (AvgIpc) is 3.47. The number of ether oxygens (including phenoxy) is 4. The van der Waals surface area contributed by atoms with E-state index in [0.29, 0.717) is 36.4 Å². The van der Waals surface area contributed by atoms with Crippen molar-refractivity contribution in [3.63, 3.8) is 0 Å². The number of methoxy groups -OCH3 is 3. The molecule has 0 amide bonds. The van der Waals surface area contributed by atoms with Gasteiger partial charge in [-0.15, -0.1) is 0 Å². The molecule has 1 spiro atoms. The van der Waals surface area contributed by atoms with Gasteiger partial charge in [-0.2, -0.15) is 0 Å². The van der Waals surface area contributed by atoms with Crippen LogP contribution in [0.25, 0.3) is 6.08 Å². The van der Waals surface area contributed by atoms with Crippen LogP contribution in [-0.4, -0.2) is 86.1 Å². The van der Waals surface area contributed by atoms with Crippen molar-refractivity contribution in [3.05, 3.63) is 41.5 Å². The Morgan fingerprint density at radius 1 is 1.21 bits per heavy atom. The molecule has 1 saturated carbocycles. The van der Waals surface area contributed by atoms with Gasteiger partial charge in [-0.25, -0.2) is 9.59 Å². The van der Waals surface area contributed by atoms with E-state index < -0.39 is 46.5 Å². The molecular formula is C28H34N2O8. The Hall–Kier alpha value is -3.37. The summed E-state index contributed by atoms with van der Waals surface area (Å²) in [5.41, 5.74) is -1.55. The van der Waals surface area contributed by atoms with Crippen LogP contribution in [0.2, 0.25) is 0 Å². The van der Waals surface area contributed by atoms with Gasteiger partial charge in [0.25, 0.3) is 0 Å². The molecule has 6 atom stereocenters. The molecule has 2 N–H and O–H groups in total. The fourth-order valence-corrected chi connectivity index (χ4v) is 7.64. The first-order valence-corrected chi connectivity index (χ1v) is 12.8. The minimum Gasteiger partial charge on any atom is -0.496 e. The molecular weight excluding hydrogens is 492 g/mol. The van der Waals surface area contributed by atoms with Crippen molar-refractivity contribution in [1.29, 1.82) is 0 Å². The molecule has 0 bridgehead atoms. The van der Waals surface area contributed by atoms with E-state index in [1.807, 2.05) is 31.2 Å². The van der Waals surface area contributed by atoms with E-state index in [-0.39, 0.29) is 6.04 Å². The number of benzene rings is 1. The highest BCUT2D eigenvalue weighted by molar-refractivity contribution is 5.89. The molecule has 3 aliphatic heterocycles. The molecule has 1 saturated heterocycles. The fourth-order valence-electron chi connectivity index (χ4n) is 7.64. The number of fused-ring (bicyclic) bond motifs is 1. The average molecular weight is 527 g/mol. The predicted octanol–water partition coefficient (Wildman–Crippen LogP) is 1.80. The number of hydrogen-bond donors (Lipinski definition) is 2. The highest BCUT2D eigenvalue weighted by Crippen LogP contribution is 2.66. The molecule has 1 aliphatic carbocycles. The number of carbonyl (C=O) groups is 3. The molecule has 38 heavy (non-hydrogen) atoms. The summed E-state index contributed by atoms with van der Waals surface area (Å²) in [6.45, 7) is 4.68. The van der Waals surface area contributed by atoms with Crippen LogP contribution >= 0.6 is 0 Å². The van der Waals surface area contributed by atoms with E-state index in [2.05, 4.69) is 10.2 Å². The Kier molecular flexibility index (Phi) is 6.30. The topological polar surface area (TPSA) is 124 Å². The minimum atomic E-state index is -2.20. The second-order valence-electron chi connectivity index (χ2n) is 10.4. The van der Waals surface area contributed by atoms with Crippen LogP contribution in [0.1, 0.15) is 37.8 Å². The minimum absolute atomic E-state index is 0.191. The van der Waals surface area contributed by atoms with Gasteiger partial charge in [0.1, 0.15) is 5.75 Å². The quantitative estimate of drug-likeness (QED) is 0.245. The second kappa shape index (κ2) is 9.13. The van der Waals surface area contributed by atoms with E-state index in [0.717, 1.165) is 12.1 Å². The third kappa shape index (κ3) is 3.29. The first-order chi connectivity index (χ1) is 18.1. The molecule has 1 aromatic rings. The maximum absolute atomic E-state index is 13.6. The zero-order chi connectivity index (χ0) is 27.5. The zero-order valence-electron chi connectivity index (χ0n) is 22.3. The van der Waals surface area contributed by atoms with Gasteiger partial charge >= 0.3 is 17.9 Å². The van der Waals surface area contributed by atoms with Crippen molar-refractivity contribution in [2.24, 2.45) is 5.41 Å². The van der Waals surface area contributed by atoms with E-state index >= 15 is 0 Å². The highest BCUT2D eigenvalue weighted by atomic mass is 16.6. The number of hydrogen-bond acceptors (Lipinski definition) is 10. The largest absolute Gasteiger partial charge is 0.496 e. The number of nitrogens with zero attached hydrogens (tertiary/aromatic N) is 1. The Balaban J connectivity index is 1.80. The van der Waals surface area contributed by atoms with Gasteiger partial charge < -0.3 is 29.4 Å². The summed E-state index contributed by atoms with van der Waals surface area (Å²) in [5, 5.41) is 15.9. The van der Waals surface area contributed by atoms with Crippen molar-refractivity contribution in [2.45, 2.75) is 55.9 Å². The van der Waals surface area contributed by atoms with Crippen LogP contribution in [0.4, 0.5) is 5.69 Å². The lowest BCUT2D eigenvalue weighted by Crippen LogP contribution is -2.80. The maximum Gasteiger partial charge on any atom is 0.344 e. The van der Waals surface area contributed by atoms with Gasteiger partial charge in [0.15, 0.2) is 6.10 Å². The summed E-state index contributed by atoms with van der Waals surface area (Å²) in [4.78, 5) is 40.2. The lowest BCUT2D eigenvalue weighted by atomic mass is 9.48. The Labute approximate surface area is 221 Å². The van der Waals surface area contributed by atoms with Crippen LogP contribution in [-0.2, 0) is 34.0 Å². The van der Waals surface area contributed by atoms with Gasteiger partial charge in [-0.3, -0.25) is 9.69 Å². The van der Waals surface area contributed by atoms with Crippen molar-refractivity contribution >= 4 is 29.7 Å². The van der Waals surface area contributed by atoms with E-state index in [4.69, 9.17) is 18.9 Å². The van der Waals surface area contributed by atoms with E-state index in [1.165, 1.54) is 34.3 Å². The number of aliphatic hydroxyl groups is 1. The Morgan fingerprint density at radius 3 is 2.61 bits per heavy atom. The Morgan fingerprint density at radius 2 is 1.97 bits per heavy atom. The summed E-state index contributed by atoms with van der Waals surface area (Å²) in [6, 6.07) is 2.72. The van der Waals surface area contributed by atoms with Crippen LogP contribution in [0, 0.1) is 5.41 Å². The summed E-state index contributed by atoms with van der Waals surface area (Å²) in [6.07, 6.45) is 6.96. The number of carbonyl (C=O) groups excluding carboxylic acids is 3. The lowest BCUT2D eigenvalue weighted by Gasteiger charge is -2.62. The van der Waals surface area contributed by atoms with Crippen molar-refractivity contribution < 1.29 is 38.4 Å². The highest BCUT2D eigenvalue weighted by Gasteiger charge is 2.79. The predicted molar refractivity (Wildman–Crippen MR) is 137 cm³/mol. The Bertz CT molecular complexity index is 1240. The first kappa shape index (κ1) is 26.2. The van der Waals surface area contributed by atoms with Gasteiger partial charge in [-0.1, -0.05) is 19.1 Å². The van der Waals surface area contributed by atoms with Gasteiger partial charge in [-0.05, 0) is 37.1 Å². The number of esters is 3. The van der Waals surface area contributed by atoms with Crippen LogP contribution in [0.15, 0.2) is 30.4 Å². The van der Waals surface area contributed by atoms with Crippen molar-refractivity contribution in [2.75, 3.05) is 39.7 Å². The molecule has 204 valence electrons. The fraction of sp³-hybridized carbons (Fsp3) is 0.536. The molecule has 4 aliphatic rings. The molecule has 2 fully saturated rings. The molecule has 5 rings (SSSR count). The van der Waals surface area contributed by atoms with Crippen LogP contribution < -0.4 is 10.1 Å². The van der Waals surface area contributed by atoms with Gasteiger partial charge in [0, 0.05) is 53.7 Å². The SMILES string of the molecule is CC[C@]12C=CCN3CC[C@@]4(c5cc(/C=C/C(=O)OC)c(OC)cc5NC4[C@@](O)(C(=O)OC)[C@@H]1OC(C)=O)[C@@H]32. The van der Waals surface area contributed by atoms with Crippen molar-refractivity contribution in [1.82, 2.24) is 4.90 Å². The smallest absolute Gasteiger partial charge is 0.344 e. The maximum atomic E-state index is 13.6. The summed E-state index contributed by atoms with van der Waals surface area (Å²) in [5.74, 6) is -1.45. The zero-order valence-corrected chi connectivity index (χ0v) is 22.3. The summed E-state index contributed by atoms with van der Waals surface area (Å²) in [7, 11) is 4.06. The summed E-state index contributed by atoms with van der Waals surface area (Å²) < 4.78 is 21.4. The van der Waals surface area contributed by atoms with E-state index in [9.17, 15) is 19.5 Å². The molecule has 10 nitrogen and oxygen atoms in total. The molecule has 10 heteroatoms. The third-order valence-electron chi connectivity index (χ3n) is 8.97. The number of anilines is 1. The van der Waals surface area contributed by atoms with Crippen LogP contribution in [0.3, 0.4) is 0 Å². The van der Waals surface area contributed by atoms with Crippen LogP contribution in [0.5, 0.6) is 5.75 Å². The van der Waals surface area contributed by atoms with Gasteiger partial charge in [0.05, 0.1) is 27.4 Å². The number of rotatable bonds is 6. The molecule has 0 radical (unpaired) electrons. The monoisotopic (exact) mass is 526 g/mol. The lowest BCUT2D eigenvalue weighted by molar-refractivity contribution is -0.226. The number of nitrogens with one attached hydrogen (secondary N) is 1. The molecule has 1 aromatic carbocycles. The third-order valence-corrected chi connectivity index (χ3v) is 8.97. The molecule has 3 heterocycles. The normalized spacial score (nSPS) is 34.6.